The van der Waals surface area contributed by atoms with Crippen LogP contribution in [0.3, 0.4) is 0 Å². The SMILES string of the molecule is CC(Nc1ccc([N+](=O)[O-])cn1)c1cccc(Br)c1. The van der Waals surface area contributed by atoms with Crippen molar-refractivity contribution in [3.05, 3.63) is 62.7 Å². The van der Waals surface area contributed by atoms with Crippen molar-refractivity contribution in [1.82, 2.24) is 4.98 Å². The minimum absolute atomic E-state index is 0.0133. The van der Waals surface area contributed by atoms with E-state index in [1.165, 1.54) is 12.3 Å². The van der Waals surface area contributed by atoms with E-state index in [2.05, 4.69) is 26.2 Å². The molecule has 2 rings (SSSR count). The van der Waals surface area contributed by atoms with Crippen molar-refractivity contribution in [2.24, 2.45) is 0 Å². The zero-order chi connectivity index (χ0) is 13.8. The summed E-state index contributed by atoms with van der Waals surface area (Å²) in [6, 6.07) is 11.0. The third-order valence-corrected chi connectivity index (χ3v) is 3.17. The quantitative estimate of drug-likeness (QED) is 0.684. The van der Waals surface area contributed by atoms with Gasteiger partial charge in [0.1, 0.15) is 12.0 Å². The summed E-state index contributed by atoms with van der Waals surface area (Å²) < 4.78 is 1.01. The van der Waals surface area contributed by atoms with Crippen LogP contribution in [0.25, 0.3) is 0 Å². The van der Waals surface area contributed by atoms with Gasteiger partial charge in [0.2, 0.25) is 0 Å². The Kier molecular flexibility index (Phi) is 4.11. The lowest BCUT2D eigenvalue weighted by atomic mass is 10.1. The van der Waals surface area contributed by atoms with Gasteiger partial charge < -0.3 is 5.32 Å². The number of pyridine rings is 1. The first-order valence-corrected chi connectivity index (χ1v) is 6.48. The molecule has 0 aliphatic rings. The van der Waals surface area contributed by atoms with Crippen molar-refractivity contribution in [2.75, 3.05) is 5.32 Å². The van der Waals surface area contributed by atoms with Crippen molar-refractivity contribution >= 4 is 27.4 Å². The zero-order valence-electron chi connectivity index (χ0n) is 10.2. The van der Waals surface area contributed by atoms with E-state index in [0.29, 0.717) is 5.82 Å². The summed E-state index contributed by atoms with van der Waals surface area (Å²) in [5.74, 6) is 0.609. The lowest BCUT2D eigenvalue weighted by Gasteiger charge is -2.15. The standard InChI is InChI=1S/C13H12BrN3O2/c1-9(10-3-2-4-11(14)7-10)16-13-6-5-12(8-15-13)17(18)19/h2-9H,1H3,(H,15,16). The van der Waals surface area contributed by atoms with Crippen LogP contribution in [0.2, 0.25) is 0 Å². The number of nitrogens with one attached hydrogen (secondary N) is 1. The zero-order valence-corrected chi connectivity index (χ0v) is 11.8. The van der Waals surface area contributed by atoms with Crippen molar-refractivity contribution in [1.29, 1.82) is 0 Å². The Bertz CT molecular complexity index is 587. The fraction of sp³-hybridized carbons (Fsp3) is 0.154. The summed E-state index contributed by atoms with van der Waals surface area (Å²) in [5, 5.41) is 13.7. The number of benzene rings is 1. The molecule has 5 nitrogen and oxygen atoms in total. The molecule has 0 saturated heterocycles. The second-order valence-electron chi connectivity index (χ2n) is 4.08. The van der Waals surface area contributed by atoms with Crippen LogP contribution in [0.1, 0.15) is 18.5 Å². The number of nitro groups is 1. The van der Waals surface area contributed by atoms with E-state index >= 15 is 0 Å². The van der Waals surface area contributed by atoms with E-state index in [1.54, 1.807) is 6.07 Å². The summed E-state index contributed by atoms with van der Waals surface area (Å²) in [6.45, 7) is 2.00. The van der Waals surface area contributed by atoms with E-state index in [-0.39, 0.29) is 11.7 Å². The summed E-state index contributed by atoms with van der Waals surface area (Å²) in [4.78, 5) is 14.1. The first-order chi connectivity index (χ1) is 9.06. The van der Waals surface area contributed by atoms with Crippen LogP contribution in [0.4, 0.5) is 11.5 Å². The highest BCUT2D eigenvalue weighted by Crippen LogP contribution is 2.21. The predicted octanol–water partition coefficient (Wildman–Crippen LogP) is 3.93. The van der Waals surface area contributed by atoms with E-state index in [4.69, 9.17) is 0 Å². The number of hydrogen-bond acceptors (Lipinski definition) is 4. The van der Waals surface area contributed by atoms with Crippen LogP contribution in [-0.2, 0) is 0 Å². The van der Waals surface area contributed by atoms with E-state index in [9.17, 15) is 10.1 Å². The fourth-order valence-corrected chi connectivity index (χ4v) is 2.08. The number of nitrogens with zero attached hydrogens (tertiary/aromatic N) is 2. The van der Waals surface area contributed by atoms with Crippen molar-refractivity contribution in [2.45, 2.75) is 13.0 Å². The highest BCUT2D eigenvalue weighted by atomic mass is 79.9. The lowest BCUT2D eigenvalue weighted by molar-refractivity contribution is -0.385. The average Bonchev–Trinajstić information content (AvgIpc) is 2.39. The molecule has 19 heavy (non-hydrogen) atoms. The predicted molar refractivity (Wildman–Crippen MR) is 77.1 cm³/mol. The first kappa shape index (κ1) is 13.5. The Balaban J connectivity index is 2.10. The van der Waals surface area contributed by atoms with Crippen LogP contribution < -0.4 is 5.32 Å². The Labute approximate surface area is 119 Å². The second kappa shape index (κ2) is 5.79. The minimum atomic E-state index is -0.464. The summed E-state index contributed by atoms with van der Waals surface area (Å²) in [6.07, 6.45) is 1.25. The molecule has 0 spiro atoms. The second-order valence-corrected chi connectivity index (χ2v) is 5.00. The third-order valence-electron chi connectivity index (χ3n) is 2.67. The van der Waals surface area contributed by atoms with Crippen LogP contribution in [0.15, 0.2) is 47.1 Å². The van der Waals surface area contributed by atoms with Gasteiger partial charge in [-0.2, -0.15) is 0 Å². The molecular formula is C13H12BrN3O2. The van der Waals surface area contributed by atoms with Crippen LogP contribution in [0.5, 0.6) is 0 Å². The highest BCUT2D eigenvalue weighted by molar-refractivity contribution is 9.10. The third kappa shape index (κ3) is 3.51. The Morgan fingerprint density at radius 1 is 1.37 bits per heavy atom. The van der Waals surface area contributed by atoms with Gasteiger partial charge in [-0.05, 0) is 30.7 Å². The number of anilines is 1. The number of halogens is 1. The maximum Gasteiger partial charge on any atom is 0.287 e. The van der Waals surface area contributed by atoms with E-state index in [0.717, 1.165) is 10.0 Å². The van der Waals surface area contributed by atoms with Gasteiger partial charge in [0, 0.05) is 16.6 Å². The minimum Gasteiger partial charge on any atom is -0.364 e. The van der Waals surface area contributed by atoms with E-state index in [1.807, 2.05) is 31.2 Å². The number of hydrogen-bond donors (Lipinski definition) is 1. The summed E-state index contributed by atoms with van der Waals surface area (Å²) in [7, 11) is 0. The first-order valence-electron chi connectivity index (χ1n) is 5.68. The molecule has 0 aliphatic heterocycles. The largest absolute Gasteiger partial charge is 0.364 e. The van der Waals surface area contributed by atoms with Gasteiger partial charge in [0.15, 0.2) is 0 Å². The molecule has 1 N–H and O–H groups in total. The van der Waals surface area contributed by atoms with Gasteiger partial charge in [-0.3, -0.25) is 10.1 Å². The van der Waals surface area contributed by atoms with Gasteiger partial charge in [0.05, 0.1) is 4.92 Å². The fourth-order valence-electron chi connectivity index (χ4n) is 1.66. The topological polar surface area (TPSA) is 68.1 Å². The Morgan fingerprint density at radius 3 is 2.74 bits per heavy atom. The molecule has 1 heterocycles. The number of aromatic nitrogens is 1. The van der Waals surface area contributed by atoms with Crippen LogP contribution in [-0.4, -0.2) is 9.91 Å². The molecule has 1 unspecified atom stereocenters. The smallest absolute Gasteiger partial charge is 0.287 e. The van der Waals surface area contributed by atoms with Crippen molar-refractivity contribution in [3.8, 4) is 0 Å². The van der Waals surface area contributed by atoms with Crippen molar-refractivity contribution in [3.63, 3.8) is 0 Å². The molecule has 0 fully saturated rings. The molecule has 0 bridgehead atoms. The van der Waals surface area contributed by atoms with Crippen LogP contribution >= 0.6 is 15.9 Å². The Morgan fingerprint density at radius 2 is 2.16 bits per heavy atom. The van der Waals surface area contributed by atoms with Gasteiger partial charge in [0.25, 0.3) is 5.69 Å². The van der Waals surface area contributed by atoms with Gasteiger partial charge >= 0.3 is 0 Å². The molecular weight excluding hydrogens is 310 g/mol. The highest BCUT2D eigenvalue weighted by Gasteiger charge is 2.09. The normalized spacial score (nSPS) is 11.9. The molecule has 98 valence electrons. The molecule has 2 aromatic rings. The van der Waals surface area contributed by atoms with Gasteiger partial charge in [-0.25, -0.2) is 4.98 Å². The van der Waals surface area contributed by atoms with Gasteiger partial charge in [-0.1, -0.05) is 28.1 Å². The molecule has 0 aliphatic carbocycles. The number of rotatable bonds is 4. The average molecular weight is 322 g/mol. The maximum absolute atomic E-state index is 10.5. The molecule has 0 saturated carbocycles. The summed E-state index contributed by atoms with van der Waals surface area (Å²) in [5.41, 5.74) is 1.09. The van der Waals surface area contributed by atoms with Crippen LogP contribution in [0, 0.1) is 10.1 Å². The maximum atomic E-state index is 10.5. The monoisotopic (exact) mass is 321 g/mol. The van der Waals surface area contributed by atoms with Crippen molar-refractivity contribution < 1.29 is 4.92 Å². The molecule has 0 radical (unpaired) electrons. The molecule has 1 aromatic carbocycles. The Hall–Kier alpha value is -1.95. The lowest BCUT2D eigenvalue weighted by Crippen LogP contribution is -2.07. The molecule has 1 aromatic heterocycles. The summed E-state index contributed by atoms with van der Waals surface area (Å²) >= 11 is 3.42. The molecule has 0 amide bonds. The van der Waals surface area contributed by atoms with E-state index < -0.39 is 4.92 Å². The molecule has 6 heteroatoms. The molecule has 1 atom stereocenters. The van der Waals surface area contributed by atoms with Gasteiger partial charge in [-0.15, -0.1) is 0 Å².